The molecule has 0 aliphatic carbocycles. The molecule has 2 saturated heterocycles. The molecule has 2 aliphatic rings. The summed E-state index contributed by atoms with van der Waals surface area (Å²) in [6.45, 7) is 10.7. The number of carbonyl (C=O) groups is 3. The molecule has 0 radical (unpaired) electrons. The number of benzene rings is 2. The van der Waals surface area contributed by atoms with Crippen LogP contribution in [0.3, 0.4) is 0 Å². The van der Waals surface area contributed by atoms with E-state index in [-0.39, 0.29) is 46.6 Å². The molecule has 0 bridgehead atoms. The highest BCUT2D eigenvalue weighted by Gasteiger charge is 2.34. The molecule has 2 aliphatic heterocycles. The number of hydrogen-bond acceptors (Lipinski definition) is 12. The van der Waals surface area contributed by atoms with Crippen LogP contribution < -0.4 is 9.44 Å². The van der Waals surface area contributed by atoms with Crippen LogP contribution in [-0.2, 0) is 24.8 Å². The maximum atomic E-state index is 13.5. The van der Waals surface area contributed by atoms with Crippen molar-refractivity contribution in [2.45, 2.75) is 90.8 Å². The van der Waals surface area contributed by atoms with Crippen LogP contribution in [0.25, 0.3) is 11.3 Å². The fraction of sp³-hybridized carbons (Fsp3) is 0.400. The highest BCUT2D eigenvalue weighted by Crippen LogP contribution is 2.35. The van der Waals surface area contributed by atoms with Crippen molar-refractivity contribution >= 4 is 118 Å². The number of anilines is 2. The van der Waals surface area contributed by atoms with Crippen molar-refractivity contribution < 1.29 is 36.0 Å². The molecular weight excluding hydrogens is 1050 g/mol. The number of aryl methyl sites for hydroxylation is 2. The van der Waals surface area contributed by atoms with Crippen LogP contribution in [0.15, 0.2) is 60.9 Å². The zero-order valence-corrected chi connectivity index (χ0v) is 44.5. The van der Waals surface area contributed by atoms with E-state index in [9.17, 15) is 31.2 Å². The van der Waals surface area contributed by atoms with Gasteiger partial charge in [-0.2, -0.15) is 10.2 Å². The van der Waals surface area contributed by atoms with E-state index in [1.54, 1.807) is 43.2 Å². The summed E-state index contributed by atoms with van der Waals surface area (Å²) < 4.78 is 58.9. The molecule has 0 unspecified atom stereocenters. The summed E-state index contributed by atoms with van der Waals surface area (Å²) >= 11 is 29.1. The number of rotatable bonds is 8. The van der Waals surface area contributed by atoms with Gasteiger partial charge in [0.25, 0.3) is 11.1 Å². The van der Waals surface area contributed by atoms with Crippen molar-refractivity contribution in [2.24, 2.45) is 0 Å². The summed E-state index contributed by atoms with van der Waals surface area (Å²) in [6, 6.07) is 11.8. The number of piperidine rings is 2. The first kappa shape index (κ1) is 54.4. The first-order valence-corrected chi connectivity index (χ1v) is 27.4. The number of halogens is 5. The lowest BCUT2D eigenvalue weighted by Gasteiger charge is -2.35. The van der Waals surface area contributed by atoms with Crippen molar-refractivity contribution in [3.8, 4) is 0 Å². The van der Waals surface area contributed by atoms with E-state index < -0.39 is 30.9 Å². The third kappa shape index (κ3) is 14.3. The molecule has 2 fully saturated rings. The van der Waals surface area contributed by atoms with Crippen LogP contribution in [0.5, 0.6) is 0 Å². The maximum Gasteiger partial charge on any atom is 0.410 e. The molecule has 8 rings (SSSR count). The van der Waals surface area contributed by atoms with E-state index in [2.05, 4.69) is 19.6 Å². The lowest BCUT2D eigenvalue weighted by atomic mass is 9.98. The number of aromatic nitrogens is 6. The molecule has 0 spiro atoms. The zero-order chi connectivity index (χ0) is 51.5. The molecule has 25 heteroatoms. The SMILES string of the molecule is CS(=O)(=O)Nc1ccc(Cl)cc1C(=O)Cl.Cc1cc(Cl)nn2cc([C@@H]3CCCCN3C(=O)OC(C)(C)C)nc12.Cc1cc(Cl)nn2cc([C@@H]3CCCCN3C(=O)c3cc(Cl)ccc3NS(C)(=O)=O)nc12. The topological polar surface area (TPSA) is 220 Å². The molecule has 0 saturated carbocycles. The van der Waals surface area contributed by atoms with E-state index >= 15 is 0 Å². The number of nitrogens with one attached hydrogen (secondary N) is 2. The van der Waals surface area contributed by atoms with Gasteiger partial charge in [0.1, 0.15) is 15.9 Å². The van der Waals surface area contributed by atoms with E-state index in [1.165, 1.54) is 30.3 Å². The third-order valence-electron chi connectivity index (χ3n) is 10.8. The Bertz CT molecular complexity index is 3180. The highest BCUT2D eigenvalue weighted by atomic mass is 35.5. The predicted octanol–water partition coefficient (Wildman–Crippen LogP) is 10.3. The highest BCUT2D eigenvalue weighted by molar-refractivity contribution is 7.92. The summed E-state index contributed by atoms with van der Waals surface area (Å²) in [5.41, 5.74) is 4.86. The summed E-state index contributed by atoms with van der Waals surface area (Å²) in [5, 5.41) is 9.20. The average molecular weight is 1100 g/mol. The van der Waals surface area contributed by atoms with Crippen molar-refractivity contribution in [1.82, 2.24) is 39.0 Å². The Labute approximate surface area is 431 Å². The maximum absolute atomic E-state index is 13.5. The second-order valence-corrected chi connectivity index (χ2v) is 23.3. The molecule has 2 N–H and O–H groups in total. The Morgan fingerprint density at radius 1 is 0.657 bits per heavy atom. The largest absolute Gasteiger partial charge is 0.444 e. The van der Waals surface area contributed by atoms with Crippen LogP contribution in [0.4, 0.5) is 16.2 Å². The number of likely N-dealkylation sites (tertiary alicyclic amines) is 2. The van der Waals surface area contributed by atoms with Crippen LogP contribution in [0.1, 0.15) is 115 Å². The van der Waals surface area contributed by atoms with Gasteiger partial charge in [0.15, 0.2) is 11.3 Å². The van der Waals surface area contributed by atoms with Gasteiger partial charge in [-0.3, -0.25) is 23.9 Å². The van der Waals surface area contributed by atoms with E-state index in [0.717, 1.165) is 73.5 Å². The molecular formula is C45H51Cl5N10O8S2. The van der Waals surface area contributed by atoms with E-state index in [4.69, 9.17) is 72.7 Å². The van der Waals surface area contributed by atoms with Gasteiger partial charge in [0, 0.05) is 23.1 Å². The second-order valence-electron chi connectivity index (χ2n) is 17.8. The number of sulfonamides is 2. The van der Waals surface area contributed by atoms with Crippen molar-refractivity contribution in [3.05, 3.63) is 115 Å². The molecule has 376 valence electrons. The number of fused-ring (bicyclic) bond motifs is 2. The average Bonchev–Trinajstić information content (AvgIpc) is 3.89. The van der Waals surface area contributed by atoms with Gasteiger partial charge >= 0.3 is 6.09 Å². The Morgan fingerprint density at radius 2 is 1.09 bits per heavy atom. The normalized spacial score (nSPS) is 16.5. The van der Waals surface area contributed by atoms with Gasteiger partial charge in [-0.15, -0.1) is 0 Å². The molecule has 2 amide bonds. The number of nitrogens with zero attached hydrogens (tertiary/aromatic N) is 8. The van der Waals surface area contributed by atoms with Gasteiger partial charge < -0.3 is 9.64 Å². The van der Waals surface area contributed by atoms with Crippen LogP contribution in [0, 0.1) is 13.8 Å². The van der Waals surface area contributed by atoms with Crippen LogP contribution in [-0.4, -0.2) is 104 Å². The number of hydrogen-bond donors (Lipinski definition) is 2. The smallest absolute Gasteiger partial charge is 0.410 e. The first-order chi connectivity index (χ1) is 32.7. The Kier molecular flexibility index (Phi) is 17.3. The third-order valence-corrected chi connectivity index (χ3v) is 13.0. The van der Waals surface area contributed by atoms with Gasteiger partial charge in [0.2, 0.25) is 20.0 Å². The summed E-state index contributed by atoms with van der Waals surface area (Å²) in [7, 11) is -7.02. The molecule has 6 heterocycles. The number of carbonyl (C=O) groups excluding carboxylic acids is 3. The summed E-state index contributed by atoms with van der Waals surface area (Å²) in [5.74, 6) is -0.307. The van der Waals surface area contributed by atoms with Gasteiger partial charge in [-0.05, 0) is 144 Å². The summed E-state index contributed by atoms with van der Waals surface area (Å²) in [6.07, 6.45) is 10.8. The first-order valence-electron chi connectivity index (χ1n) is 21.8. The van der Waals surface area contributed by atoms with Crippen molar-refractivity contribution in [3.63, 3.8) is 0 Å². The standard InChI is InChI=1S/C20H21Cl2N5O3S.C17H23ClN4O2.C8H7Cl2NO3S/c1-12-9-18(22)24-27-11-16(23-19(12)27)17-5-3-4-8-26(17)20(28)14-10-13(21)6-7-15(14)25-31(2,29)30;1-11-9-14(18)20-22-10-12(19-15(11)22)13-7-5-6-8-21(13)16(23)24-17(2,3)4;1-15(13,14)11-7-3-2-5(9)4-6(7)8(10)12/h6-7,9-11,17,25H,3-5,8H2,1-2H3;9-10,13H,5-8H2,1-4H3;2-4,11H,1H3/t17-;13-;/m00./s1. The minimum atomic E-state index is -3.57. The minimum absolute atomic E-state index is 0.0228. The Balaban J connectivity index is 0.000000183. The molecule has 70 heavy (non-hydrogen) atoms. The van der Waals surface area contributed by atoms with Gasteiger partial charge in [-0.1, -0.05) is 46.4 Å². The quantitative estimate of drug-likeness (QED) is 0.136. The fourth-order valence-corrected chi connectivity index (χ4v) is 10.0. The van der Waals surface area contributed by atoms with Crippen molar-refractivity contribution in [2.75, 3.05) is 35.0 Å². The lowest BCUT2D eigenvalue weighted by molar-refractivity contribution is 0.00902. The zero-order valence-electron chi connectivity index (χ0n) is 39.1. The number of imidazole rings is 2. The van der Waals surface area contributed by atoms with Gasteiger partial charge in [0.05, 0.1) is 70.9 Å². The summed E-state index contributed by atoms with van der Waals surface area (Å²) in [4.78, 5) is 50.0. The minimum Gasteiger partial charge on any atom is -0.444 e. The second kappa shape index (κ2) is 22.2. The molecule has 2 aromatic carbocycles. The van der Waals surface area contributed by atoms with Crippen LogP contribution >= 0.6 is 58.0 Å². The Hall–Kier alpha value is -4.96. The molecule has 2 atom stereocenters. The van der Waals surface area contributed by atoms with E-state index in [1.807, 2.05) is 40.8 Å². The van der Waals surface area contributed by atoms with Crippen molar-refractivity contribution in [1.29, 1.82) is 0 Å². The monoisotopic (exact) mass is 1100 g/mol. The van der Waals surface area contributed by atoms with Gasteiger partial charge in [-0.25, -0.2) is 40.6 Å². The predicted molar refractivity (Wildman–Crippen MR) is 273 cm³/mol. The van der Waals surface area contributed by atoms with E-state index in [0.29, 0.717) is 44.8 Å². The molecule has 6 aromatic rings. The number of ether oxygens (including phenoxy) is 1. The molecule has 18 nitrogen and oxygen atoms in total. The number of amides is 2. The fourth-order valence-electron chi connectivity index (χ4n) is 7.90. The lowest BCUT2D eigenvalue weighted by Crippen LogP contribution is -2.42. The Morgan fingerprint density at radius 3 is 1.53 bits per heavy atom. The van der Waals surface area contributed by atoms with Crippen LogP contribution in [0.2, 0.25) is 20.4 Å². The molecule has 4 aromatic heterocycles.